The molecule has 0 aliphatic rings. The minimum atomic E-state index is -2.90. The fourth-order valence-corrected chi connectivity index (χ4v) is 1.97. The molecule has 0 fully saturated rings. The van der Waals surface area contributed by atoms with Gasteiger partial charge in [0.15, 0.2) is 6.49 Å². The van der Waals surface area contributed by atoms with Gasteiger partial charge in [-0.15, -0.1) is 0 Å². The third kappa shape index (κ3) is 6.09. The zero-order chi connectivity index (χ0) is 11.4. The molecule has 0 aliphatic heterocycles. The number of ether oxygens (including phenoxy) is 1. The first-order valence-corrected chi connectivity index (χ1v) is 7.90. The summed E-state index contributed by atoms with van der Waals surface area (Å²) in [6.07, 6.45) is -0.833. The van der Waals surface area contributed by atoms with E-state index in [1.165, 1.54) is 0 Å². The van der Waals surface area contributed by atoms with Gasteiger partial charge in [-0.25, -0.2) is 0 Å². The third-order valence-corrected chi connectivity index (χ3v) is 4.13. The SMILES string of the molecule is CCOC(OP(O)(=S)CC)C(Cl)(Cl)Cl. The van der Waals surface area contributed by atoms with Gasteiger partial charge in [0, 0.05) is 12.8 Å². The zero-order valence-electron chi connectivity index (χ0n) is 7.74. The van der Waals surface area contributed by atoms with Crippen LogP contribution >= 0.6 is 41.3 Å². The highest BCUT2D eigenvalue weighted by atomic mass is 35.6. The topological polar surface area (TPSA) is 38.7 Å². The standard InChI is InChI=1S/C6H12Cl3O3PS/c1-3-11-5(6(7,8)9)12-13(10,14)4-2/h5H,3-4H2,1-2H3,(H,10,14). The second-order valence-corrected chi connectivity index (χ2v) is 8.59. The Labute approximate surface area is 104 Å². The minimum absolute atomic E-state index is 0.298. The lowest BCUT2D eigenvalue weighted by atomic mass is 10.7. The van der Waals surface area contributed by atoms with Crippen LogP contribution in [-0.2, 0) is 21.1 Å². The van der Waals surface area contributed by atoms with E-state index in [0.29, 0.717) is 12.8 Å². The van der Waals surface area contributed by atoms with Crippen molar-refractivity contribution < 1.29 is 14.2 Å². The van der Waals surface area contributed by atoms with E-state index in [1.807, 2.05) is 0 Å². The minimum Gasteiger partial charge on any atom is -0.349 e. The maximum Gasteiger partial charge on any atom is 0.241 e. The van der Waals surface area contributed by atoms with E-state index >= 15 is 0 Å². The van der Waals surface area contributed by atoms with Gasteiger partial charge >= 0.3 is 0 Å². The van der Waals surface area contributed by atoms with E-state index in [2.05, 4.69) is 0 Å². The number of hydrogen-bond acceptors (Lipinski definition) is 3. The van der Waals surface area contributed by atoms with Crippen LogP contribution in [0, 0.1) is 0 Å². The quantitative estimate of drug-likeness (QED) is 0.481. The molecule has 3 nitrogen and oxygen atoms in total. The number of halogens is 3. The van der Waals surface area contributed by atoms with Crippen molar-refractivity contribution >= 4 is 53.1 Å². The van der Waals surface area contributed by atoms with Crippen LogP contribution < -0.4 is 0 Å². The average molecular weight is 302 g/mol. The van der Waals surface area contributed by atoms with Gasteiger partial charge in [0.2, 0.25) is 10.1 Å². The summed E-state index contributed by atoms with van der Waals surface area (Å²) in [5.41, 5.74) is 0. The lowest BCUT2D eigenvalue weighted by Crippen LogP contribution is -2.31. The van der Waals surface area contributed by atoms with Crippen molar-refractivity contribution in [3.63, 3.8) is 0 Å². The van der Waals surface area contributed by atoms with E-state index < -0.39 is 16.6 Å². The monoisotopic (exact) mass is 300 g/mol. The van der Waals surface area contributed by atoms with Crippen molar-refractivity contribution in [2.24, 2.45) is 0 Å². The molecule has 0 saturated heterocycles. The number of hydrogen-bond donors (Lipinski definition) is 1. The lowest BCUT2D eigenvalue weighted by Gasteiger charge is -2.27. The largest absolute Gasteiger partial charge is 0.349 e. The fraction of sp³-hybridized carbons (Fsp3) is 1.00. The normalized spacial score (nSPS) is 19.0. The predicted octanol–water partition coefficient (Wildman–Crippen LogP) is 3.06. The highest BCUT2D eigenvalue weighted by Crippen LogP contribution is 2.47. The molecule has 0 aromatic carbocycles. The maximum atomic E-state index is 9.53. The Kier molecular flexibility index (Phi) is 6.83. The van der Waals surface area contributed by atoms with Crippen molar-refractivity contribution in [1.82, 2.24) is 0 Å². The molecule has 0 bridgehead atoms. The zero-order valence-corrected chi connectivity index (χ0v) is 11.7. The molecule has 0 amide bonds. The van der Waals surface area contributed by atoms with Crippen molar-refractivity contribution in [1.29, 1.82) is 0 Å². The summed E-state index contributed by atoms with van der Waals surface area (Å²) in [7, 11) is 0. The van der Waals surface area contributed by atoms with Crippen molar-refractivity contribution in [3.8, 4) is 0 Å². The molecular weight excluding hydrogens is 289 g/mol. The molecule has 0 heterocycles. The fourth-order valence-electron chi connectivity index (χ4n) is 0.560. The molecule has 0 rings (SSSR count). The molecule has 0 spiro atoms. The first kappa shape index (κ1) is 15.4. The van der Waals surface area contributed by atoms with Gasteiger partial charge in [-0.2, -0.15) is 0 Å². The average Bonchev–Trinajstić information content (AvgIpc) is 2.02. The first-order valence-electron chi connectivity index (χ1n) is 3.91. The Morgan fingerprint density at radius 1 is 1.43 bits per heavy atom. The molecule has 0 radical (unpaired) electrons. The number of alkyl halides is 3. The van der Waals surface area contributed by atoms with Gasteiger partial charge in [-0.3, -0.25) is 4.52 Å². The Bertz CT molecular complexity index is 221. The van der Waals surface area contributed by atoms with Crippen LogP contribution in [0.4, 0.5) is 0 Å². The predicted molar refractivity (Wildman–Crippen MR) is 63.8 cm³/mol. The van der Waals surface area contributed by atoms with E-state index in [1.54, 1.807) is 13.8 Å². The molecule has 0 aromatic rings. The first-order chi connectivity index (χ1) is 6.23. The molecule has 2 atom stereocenters. The highest BCUT2D eigenvalue weighted by Gasteiger charge is 2.37. The van der Waals surface area contributed by atoms with Gasteiger partial charge < -0.3 is 9.63 Å². The van der Waals surface area contributed by atoms with Crippen LogP contribution in [0.3, 0.4) is 0 Å². The van der Waals surface area contributed by atoms with Crippen molar-refractivity contribution in [3.05, 3.63) is 0 Å². The van der Waals surface area contributed by atoms with Crippen LogP contribution in [0.5, 0.6) is 0 Å². The summed E-state index contributed by atoms with van der Waals surface area (Å²) in [4.78, 5) is 9.53. The van der Waals surface area contributed by atoms with E-state index in [9.17, 15) is 4.89 Å². The Morgan fingerprint density at radius 3 is 2.21 bits per heavy atom. The van der Waals surface area contributed by atoms with Crippen LogP contribution in [0.2, 0.25) is 0 Å². The van der Waals surface area contributed by atoms with E-state index in [4.69, 9.17) is 55.9 Å². The van der Waals surface area contributed by atoms with Crippen molar-refractivity contribution in [2.75, 3.05) is 12.8 Å². The molecule has 1 N–H and O–H groups in total. The Hall–Kier alpha value is 1.40. The van der Waals surface area contributed by atoms with Gasteiger partial charge in [0.25, 0.3) is 0 Å². The molecule has 2 unspecified atom stereocenters. The molecule has 86 valence electrons. The van der Waals surface area contributed by atoms with Gasteiger partial charge in [0.05, 0.1) is 0 Å². The van der Waals surface area contributed by atoms with Gasteiger partial charge in [0.1, 0.15) is 0 Å². The van der Waals surface area contributed by atoms with Gasteiger partial charge in [-0.05, 0) is 18.7 Å². The summed E-state index contributed by atoms with van der Waals surface area (Å²) >= 11 is 21.5. The van der Waals surface area contributed by atoms with Crippen LogP contribution in [-0.4, -0.2) is 27.7 Å². The summed E-state index contributed by atoms with van der Waals surface area (Å²) < 4.78 is 8.33. The molecule has 14 heavy (non-hydrogen) atoms. The maximum absolute atomic E-state index is 9.53. The van der Waals surface area contributed by atoms with E-state index in [-0.39, 0.29) is 0 Å². The van der Waals surface area contributed by atoms with Crippen molar-refractivity contribution in [2.45, 2.75) is 23.9 Å². The summed E-state index contributed by atoms with van der Waals surface area (Å²) in [5.74, 6) is 0. The second kappa shape index (κ2) is 6.21. The summed E-state index contributed by atoms with van der Waals surface area (Å²) in [5, 5.41) is 0. The smallest absolute Gasteiger partial charge is 0.241 e. The molecule has 0 saturated carbocycles. The Balaban J connectivity index is 4.46. The lowest BCUT2D eigenvalue weighted by molar-refractivity contribution is -0.0710. The second-order valence-electron chi connectivity index (χ2n) is 2.39. The highest BCUT2D eigenvalue weighted by molar-refractivity contribution is 8.09. The third-order valence-electron chi connectivity index (χ3n) is 1.25. The molecule has 8 heteroatoms. The van der Waals surface area contributed by atoms with E-state index in [0.717, 1.165) is 0 Å². The summed E-state index contributed by atoms with van der Waals surface area (Å²) in [6.45, 7) is 0.821. The molecular formula is C6H12Cl3O3PS. The Morgan fingerprint density at radius 2 is 1.93 bits per heavy atom. The number of rotatable bonds is 5. The molecule has 0 aromatic heterocycles. The van der Waals surface area contributed by atoms with Crippen LogP contribution in [0.1, 0.15) is 13.8 Å². The summed E-state index contributed by atoms with van der Waals surface area (Å²) in [6, 6.07) is 0. The van der Waals surface area contributed by atoms with Crippen LogP contribution in [0.15, 0.2) is 0 Å². The van der Waals surface area contributed by atoms with Gasteiger partial charge in [-0.1, -0.05) is 41.7 Å². The van der Waals surface area contributed by atoms with Crippen LogP contribution in [0.25, 0.3) is 0 Å². The molecule has 0 aliphatic carbocycles.